The third-order valence-electron chi connectivity index (χ3n) is 7.65. The van der Waals surface area contributed by atoms with Gasteiger partial charge < -0.3 is 4.74 Å². The van der Waals surface area contributed by atoms with Gasteiger partial charge in [0.2, 0.25) is 0 Å². The van der Waals surface area contributed by atoms with E-state index in [2.05, 4.69) is 135 Å². The average Bonchev–Trinajstić information content (AvgIpc) is 2.98. The Kier molecular flexibility index (Phi) is 7.15. The second-order valence-electron chi connectivity index (χ2n) is 10.2. The highest BCUT2D eigenvalue weighted by atomic mass is 16.5. The zero-order chi connectivity index (χ0) is 26.6. The van der Waals surface area contributed by atoms with Gasteiger partial charge in [0.05, 0.1) is 0 Å². The molecule has 6 rings (SSSR count). The maximum Gasteiger partial charge on any atom is 0.131 e. The van der Waals surface area contributed by atoms with Crippen LogP contribution in [0, 0.1) is 0 Å². The normalized spacial score (nSPS) is 11.2. The maximum atomic E-state index is 6.89. The number of hydrogen-bond acceptors (Lipinski definition) is 1. The molecule has 0 radical (unpaired) electrons. The Hall–Kier alpha value is -4.36. The number of hydrogen-bond donors (Lipinski definition) is 0. The third kappa shape index (κ3) is 4.81. The van der Waals surface area contributed by atoms with Crippen molar-refractivity contribution in [1.82, 2.24) is 0 Å². The van der Waals surface area contributed by atoms with E-state index < -0.39 is 0 Å². The van der Waals surface area contributed by atoms with E-state index in [1.807, 2.05) is 0 Å². The lowest BCUT2D eigenvalue weighted by molar-refractivity contribution is 0.469. The monoisotopic (exact) mass is 506 g/mol. The van der Waals surface area contributed by atoms with Gasteiger partial charge in [-0.2, -0.15) is 0 Å². The van der Waals surface area contributed by atoms with Crippen molar-refractivity contribution in [2.75, 3.05) is 0 Å². The first-order valence-corrected chi connectivity index (χ1v) is 14.2. The first-order chi connectivity index (χ1) is 19.3. The molecule has 6 aromatic rings. The molecule has 0 aliphatic carbocycles. The molecule has 0 saturated heterocycles. The molecule has 0 spiro atoms. The standard InChI is InChI=1S/C38H34O/c1-3-13-35-33(31-21-9-17-27-15-5-7-19-29(27)31)23-11-25-37(35)39-38-26-12-24-34(36(38)14-4-2)32-22-10-18-28-16-6-8-20-30(28)32/h5-12,15-26H,3-4,13-14H2,1-2H3. The van der Waals surface area contributed by atoms with Crippen molar-refractivity contribution in [3.63, 3.8) is 0 Å². The predicted octanol–water partition coefficient (Wildman–Crippen LogP) is 11.0. The summed E-state index contributed by atoms with van der Waals surface area (Å²) in [5, 5.41) is 5.08. The zero-order valence-corrected chi connectivity index (χ0v) is 22.8. The minimum atomic E-state index is 0.953. The molecule has 0 heterocycles. The Morgan fingerprint density at radius 1 is 0.410 bits per heavy atom. The lowest BCUT2D eigenvalue weighted by atomic mass is 9.91. The van der Waals surface area contributed by atoms with Crippen molar-refractivity contribution in [3.05, 3.63) is 132 Å². The summed E-state index contributed by atoms with van der Waals surface area (Å²) in [7, 11) is 0. The molecule has 0 bridgehead atoms. The summed E-state index contributed by atoms with van der Waals surface area (Å²) in [6.07, 6.45) is 4.02. The van der Waals surface area contributed by atoms with E-state index in [1.165, 1.54) is 54.9 Å². The van der Waals surface area contributed by atoms with Gasteiger partial charge in [-0.15, -0.1) is 0 Å². The van der Waals surface area contributed by atoms with Crippen LogP contribution in [-0.4, -0.2) is 0 Å². The molecule has 0 fully saturated rings. The van der Waals surface area contributed by atoms with Crippen LogP contribution in [0.4, 0.5) is 0 Å². The van der Waals surface area contributed by atoms with Crippen LogP contribution in [-0.2, 0) is 12.8 Å². The molecule has 6 aromatic carbocycles. The smallest absolute Gasteiger partial charge is 0.131 e. The van der Waals surface area contributed by atoms with Gasteiger partial charge in [-0.25, -0.2) is 0 Å². The van der Waals surface area contributed by atoms with Crippen LogP contribution < -0.4 is 4.74 Å². The summed E-state index contributed by atoms with van der Waals surface area (Å²) < 4.78 is 6.89. The Morgan fingerprint density at radius 3 is 1.26 bits per heavy atom. The van der Waals surface area contributed by atoms with Gasteiger partial charge in [-0.3, -0.25) is 0 Å². The van der Waals surface area contributed by atoms with Crippen molar-refractivity contribution in [2.45, 2.75) is 39.5 Å². The topological polar surface area (TPSA) is 9.23 Å². The highest BCUT2D eigenvalue weighted by Crippen LogP contribution is 2.41. The second kappa shape index (κ2) is 11.2. The molecule has 0 atom stereocenters. The van der Waals surface area contributed by atoms with E-state index in [0.29, 0.717) is 0 Å². The second-order valence-corrected chi connectivity index (χ2v) is 10.2. The molecule has 39 heavy (non-hydrogen) atoms. The van der Waals surface area contributed by atoms with Gasteiger partial charge in [0.15, 0.2) is 0 Å². The van der Waals surface area contributed by atoms with E-state index in [0.717, 1.165) is 37.2 Å². The molecule has 1 heteroatoms. The van der Waals surface area contributed by atoms with Gasteiger partial charge in [0.1, 0.15) is 11.5 Å². The zero-order valence-electron chi connectivity index (χ0n) is 22.8. The maximum absolute atomic E-state index is 6.89. The van der Waals surface area contributed by atoms with Gasteiger partial charge >= 0.3 is 0 Å². The summed E-state index contributed by atoms with van der Waals surface area (Å²) in [6, 6.07) is 43.5. The fourth-order valence-corrected chi connectivity index (χ4v) is 5.88. The fraction of sp³-hybridized carbons (Fsp3) is 0.158. The van der Waals surface area contributed by atoms with Crippen LogP contribution in [0.15, 0.2) is 121 Å². The highest BCUT2D eigenvalue weighted by Gasteiger charge is 2.17. The molecule has 1 nitrogen and oxygen atoms in total. The summed E-state index contributed by atoms with van der Waals surface area (Å²) in [4.78, 5) is 0. The molecule has 0 unspecified atom stereocenters. The van der Waals surface area contributed by atoms with E-state index in [1.54, 1.807) is 0 Å². The van der Waals surface area contributed by atoms with Gasteiger partial charge in [-0.05, 0) is 68.8 Å². The molecule has 0 aromatic heterocycles. The van der Waals surface area contributed by atoms with Crippen LogP contribution >= 0.6 is 0 Å². The number of benzene rings is 6. The molecule has 0 saturated carbocycles. The average molecular weight is 507 g/mol. The van der Waals surface area contributed by atoms with Gasteiger partial charge in [-0.1, -0.05) is 136 Å². The Labute approximate surface area is 231 Å². The Bertz CT molecular complexity index is 1620. The van der Waals surface area contributed by atoms with Crippen LogP contribution in [0.5, 0.6) is 11.5 Å². The van der Waals surface area contributed by atoms with E-state index >= 15 is 0 Å². The first kappa shape index (κ1) is 24.9. The van der Waals surface area contributed by atoms with Gasteiger partial charge in [0, 0.05) is 11.1 Å². The van der Waals surface area contributed by atoms with Crippen LogP contribution in [0.25, 0.3) is 43.8 Å². The van der Waals surface area contributed by atoms with Crippen molar-refractivity contribution in [2.24, 2.45) is 0 Å². The van der Waals surface area contributed by atoms with Crippen molar-refractivity contribution < 1.29 is 4.74 Å². The Morgan fingerprint density at radius 2 is 0.795 bits per heavy atom. The lowest BCUT2D eigenvalue weighted by Gasteiger charge is -2.20. The fourth-order valence-electron chi connectivity index (χ4n) is 5.88. The molecule has 192 valence electrons. The minimum absolute atomic E-state index is 0.953. The molecule has 0 aliphatic heterocycles. The summed E-state index contributed by atoms with van der Waals surface area (Å²) in [6.45, 7) is 4.49. The summed E-state index contributed by atoms with van der Waals surface area (Å²) >= 11 is 0. The van der Waals surface area contributed by atoms with Crippen molar-refractivity contribution >= 4 is 21.5 Å². The molecular weight excluding hydrogens is 472 g/mol. The minimum Gasteiger partial charge on any atom is -0.457 e. The summed E-state index contributed by atoms with van der Waals surface area (Å²) in [5.41, 5.74) is 7.59. The number of rotatable bonds is 8. The summed E-state index contributed by atoms with van der Waals surface area (Å²) in [5.74, 6) is 1.91. The quantitative estimate of drug-likeness (QED) is 0.199. The van der Waals surface area contributed by atoms with Crippen LogP contribution in [0.3, 0.4) is 0 Å². The largest absolute Gasteiger partial charge is 0.457 e. The van der Waals surface area contributed by atoms with E-state index in [4.69, 9.17) is 4.74 Å². The van der Waals surface area contributed by atoms with Crippen LogP contribution in [0.1, 0.15) is 37.8 Å². The Balaban J connectivity index is 1.49. The van der Waals surface area contributed by atoms with Crippen LogP contribution in [0.2, 0.25) is 0 Å². The van der Waals surface area contributed by atoms with E-state index in [-0.39, 0.29) is 0 Å². The van der Waals surface area contributed by atoms with Crippen molar-refractivity contribution in [1.29, 1.82) is 0 Å². The number of ether oxygens (including phenoxy) is 1. The third-order valence-corrected chi connectivity index (χ3v) is 7.65. The molecule has 0 N–H and O–H groups in total. The number of fused-ring (bicyclic) bond motifs is 2. The highest BCUT2D eigenvalue weighted by molar-refractivity contribution is 5.98. The predicted molar refractivity (Wildman–Crippen MR) is 167 cm³/mol. The van der Waals surface area contributed by atoms with E-state index in [9.17, 15) is 0 Å². The van der Waals surface area contributed by atoms with Crippen molar-refractivity contribution in [3.8, 4) is 33.8 Å². The molecular formula is C38H34O. The SMILES string of the molecule is CCCc1c(Oc2cccc(-c3cccc4ccccc34)c2CCC)cccc1-c1cccc2ccccc12. The first-order valence-electron chi connectivity index (χ1n) is 14.2. The molecule has 0 amide bonds. The lowest BCUT2D eigenvalue weighted by Crippen LogP contribution is -1.99. The van der Waals surface area contributed by atoms with Gasteiger partial charge in [0.25, 0.3) is 0 Å². The molecule has 0 aliphatic rings.